The molecular formula is C13H8ClF2NO2. The van der Waals surface area contributed by atoms with Gasteiger partial charge in [-0.15, -0.1) is 0 Å². The third-order valence-corrected chi connectivity index (χ3v) is 3.25. The molecule has 6 heteroatoms. The first-order valence-corrected chi connectivity index (χ1v) is 6.11. The van der Waals surface area contributed by atoms with Crippen LogP contribution >= 0.6 is 11.6 Å². The van der Waals surface area contributed by atoms with Crippen molar-refractivity contribution in [3.05, 3.63) is 41.2 Å². The van der Waals surface area contributed by atoms with E-state index < -0.39 is 16.9 Å². The maximum Gasteiger partial charge on any atom is 0.258 e. The highest BCUT2D eigenvalue weighted by atomic mass is 35.5. The standard InChI is InChI=1S/C13H8ClF2NO2/c14-13(18)10-11(17-19-12(10)6-4-5-6)9-7(15)2-1-3-8(9)16/h1-3,6H,4-5H2. The third-order valence-electron chi connectivity index (χ3n) is 3.06. The molecule has 1 heterocycles. The molecule has 0 bridgehead atoms. The smallest absolute Gasteiger partial charge is 0.258 e. The summed E-state index contributed by atoms with van der Waals surface area (Å²) in [4.78, 5) is 11.5. The number of benzene rings is 1. The zero-order valence-electron chi connectivity index (χ0n) is 9.62. The van der Waals surface area contributed by atoms with Crippen molar-refractivity contribution in [2.45, 2.75) is 18.8 Å². The Hall–Kier alpha value is -1.75. The summed E-state index contributed by atoms with van der Waals surface area (Å²) in [5, 5.41) is 2.81. The molecule has 0 saturated heterocycles. The van der Waals surface area contributed by atoms with Gasteiger partial charge in [0.05, 0.1) is 5.56 Å². The summed E-state index contributed by atoms with van der Waals surface area (Å²) in [5.41, 5.74) is -0.590. The average molecular weight is 284 g/mol. The lowest BCUT2D eigenvalue weighted by atomic mass is 10.0. The lowest BCUT2D eigenvalue weighted by molar-refractivity contribution is 0.108. The fraction of sp³-hybridized carbons (Fsp3) is 0.231. The van der Waals surface area contributed by atoms with E-state index in [9.17, 15) is 13.6 Å². The van der Waals surface area contributed by atoms with Gasteiger partial charge >= 0.3 is 0 Å². The Morgan fingerprint density at radius 2 is 1.95 bits per heavy atom. The predicted molar refractivity (Wildman–Crippen MR) is 64.0 cm³/mol. The van der Waals surface area contributed by atoms with Crippen molar-refractivity contribution in [3.8, 4) is 11.3 Å². The predicted octanol–water partition coefficient (Wildman–Crippen LogP) is 3.88. The van der Waals surface area contributed by atoms with Gasteiger partial charge in [-0.25, -0.2) is 8.78 Å². The number of carbonyl (C=O) groups excluding carboxylic acids is 1. The zero-order valence-corrected chi connectivity index (χ0v) is 10.4. The number of hydrogen-bond acceptors (Lipinski definition) is 3. The van der Waals surface area contributed by atoms with Crippen molar-refractivity contribution in [3.63, 3.8) is 0 Å². The van der Waals surface area contributed by atoms with Crippen LogP contribution in [0.4, 0.5) is 8.78 Å². The lowest BCUT2D eigenvalue weighted by Gasteiger charge is -2.02. The Bertz CT molecular complexity index is 644. The molecule has 3 nitrogen and oxygen atoms in total. The number of halogens is 3. The summed E-state index contributed by atoms with van der Waals surface area (Å²) in [6, 6.07) is 3.41. The highest BCUT2D eigenvalue weighted by molar-refractivity contribution is 6.68. The topological polar surface area (TPSA) is 43.1 Å². The molecule has 1 saturated carbocycles. The molecule has 1 aromatic heterocycles. The number of aromatic nitrogens is 1. The number of nitrogens with zero attached hydrogens (tertiary/aromatic N) is 1. The van der Waals surface area contributed by atoms with E-state index in [0.29, 0.717) is 5.76 Å². The molecule has 0 N–H and O–H groups in total. The van der Waals surface area contributed by atoms with Crippen LogP contribution < -0.4 is 0 Å². The van der Waals surface area contributed by atoms with Gasteiger partial charge in [-0.3, -0.25) is 4.79 Å². The summed E-state index contributed by atoms with van der Waals surface area (Å²) in [7, 11) is 0. The molecule has 1 aliphatic rings. The van der Waals surface area contributed by atoms with Crippen LogP contribution in [0.15, 0.2) is 22.7 Å². The fourth-order valence-corrected chi connectivity index (χ4v) is 2.19. The maximum atomic E-state index is 13.7. The first-order chi connectivity index (χ1) is 9.09. The molecule has 19 heavy (non-hydrogen) atoms. The van der Waals surface area contributed by atoms with Crippen LogP contribution in [-0.4, -0.2) is 10.4 Å². The lowest BCUT2D eigenvalue weighted by Crippen LogP contribution is -1.98. The molecule has 98 valence electrons. The van der Waals surface area contributed by atoms with Crippen molar-refractivity contribution >= 4 is 16.8 Å². The van der Waals surface area contributed by atoms with Crippen molar-refractivity contribution < 1.29 is 18.1 Å². The van der Waals surface area contributed by atoms with E-state index in [4.69, 9.17) is 16.1 Å². The molecule has 0 radical (unpaired) electrons. The quantitative estimate of drug-likeness (QED) is 0.803. The van der Waals surface area contributed by atoms with Gasteiger partial charge in [0.1, 0.15) is 22.9 Å². The van der Waals surface area contributed by atoms with Gasteiger partial charge in [-0.2, -0.15) is 0 Å². The van der Waals surface area contributed by atoms with Crippen LogP contribution in [0, 0.1) is 11.6 Å². The molecule has 0 atom stereocenters. The molecule has 1 aliphatic carbocycles. The van der Waals surface area contributed by atoms with E-state index in [0.717, 1.165) is 25.0 Å². The Kier molecular flexibility index (Phi) is 2.86. The van der Waals surface area contributed by atoms with Gasteiger partial charge in [0.15, 0.2) is 5.76 Å². The molecule has 0 spiro atoms. The van der Waals surface area contributed by atoms with E-state index in [2.05, 4.69) is 5.16 Å². The summed E-state index contributed by atoms with van der Waals surface area (Å²) < 4.78 is 32.5. The monoisotopic (exact) mass is 283 g/mol. The van der Waals surface area contributed by atoms with E-state index >= 15 is 0 Å². The van der Waals surface area contributed by atoms with Gasteiger partial charge in [-0.1, -0.05) is 11.2 Å². The normalized spacial score (nSPS) is 14.7. The van der Waals surface area contributed by atoms with Gasteiger partial charge in [-0.05, 0) is 36.6 Å². The van der Waals surface area contributed by atoms with Gasteiger partial charge < -0.3 is 4.52 Å². The second-order valence-corrected chi connectivity index (χ2v) is 4.76. The van der Waals surface area contributed by atoms with Crippen LogP contribution in [-0.2, 0) is 0 Å². The van der Waals surface area contributed by atoms with Gasteiger partial charge in [0.25, 0.3) is 5.24 Å². The third kappa shape index (κ3) is 2.04. The minimum atomic E-state index is -0.819. The Balaban J connectivity index is 2.23. The Morgan fingerprint density at radius 3 is 2.47 bits per heavy atom. The van der Waals surface area contributed by atoms with E-state index in [1.807, 2.05) is 0 Å². The Labute approximate surface area is 112 Å². The molecule has 3 rings (SSSR count). The van der Waals surface area contributed by atoms with Crippen molar-refractivity contribution in [2.75, 3.05) is 0 Å². The summed E-state index contributed by atoms with van der Waals surface area (Å²) >= 11 is 5.50. The molecule has 2 aromatic rings. The number of hydrogen-bond donors (Lipinski definition) is 0. The van der Waals surface area contributed by atoms with Crippen LogP contribution in [0.3, 0.4) is 0 Å². The van der Waals surface area contributed by atoms with Crippen LogP contribution in [0.25, 0.3) is 11.3 Å². The Morgan fingerprint density at radius 1 is 1.32 bits per heavy atom. The van der Waals surface area contributed by atoms with Gasteiger partial charge in [0, 0.05) is 5.92 Å². The highest BCUT2D eigenvalue weighted by Crippen LogP contribution is 2.44. The van der Waals surface area contributed by atoms with E-state index in [1.165, 1.54) is 6.07 Å². The molecule has 0 amide bonds. The number of rotatable bonds is 3. The maximum absolute atomic E-state index is 13.7. The van der Waals surface area contributed by atoms with Gasteiger partial charge in [0.2, 0.25) is 0 Å². The van der Waals surface area contributed by atoms with Crippen LogP contribution in [0.5, 0.6) is 0 Å². The molecule has 1 fully saturated rings. The van der Waals surface area contributed by atoms with Crippen LogP contribution in [0.2, 0.25) is 0 Å². The van der Waals surface area contributed by atoms with Crippen molar-refractivity contribution in [1.29, 1.82) is 0 Å². The summed E-state index contributed by atoms with van der Waals surface area (Å²) in [5.74, 6) is -1.24. The van der Waals surface area contributed by atoms with E-state index in [1.54, 1.807) is 0 Å². The van der Waals surface area contributed by atoms with E-state index in [-0.39, 0.29) is 22.7 Å². The highest BCUT2D eigenvalue weighted by Gasteiger charge is 2.36. The average Bonchev–Trinajstić information content (AvgIpc) is 3.09. The molecule has 1 aromatic carbocycles. The number of carbonyl (C=O) groups is 1. The molecular weight excluding hydrogens is 276 g/mol. The minimum Gasteiger partial charge on any atom is -0.360 e. The zero-order chi connectivity index (χ0) is 13.6. The second kappa shape index (κ2) is 4.42. The fourth-order valence-electron chi connectivity index (χ4n) is 2.01. The largest absolute Gasteiger partial charge is 0.360 e. The summed E-state index contributed by atoms with van der Waals surface area (Å²) in [6.07, 6.45) is 1.71. The SMILES string of the molecule is O=C(Cl)c1c(-c2c(F)cccc2F)noc1C1CC1. The molecule has 0 unspecified atom stereocenters. The van der Waals surface area contributed by atoms with Crippen LogP contribution in [0.1, 0.15) is 34.9 Å². The summed E-state index contributed by atoms with van der Waals surface area (Å²) in [6.45, 7) is 0. The molecule has 0 aliphatic heterocycles. The first kappa shape index (κ1) is 12.3. The first-order valence-electron chi connectivity index (χ1n) is 5.73. The second-order valence-electron chi connectivity index (χ2n) is 4.42. The van der Waals surface area contributed by atoms with Crippen molar-refractivity contribution in [2.24, 2.45) is 0 Å². The minimum absolute atomic E-state index is 0.0341. The van der Waals surface area contributed by atoms with Crippen molar-refractivity contribution in [1.82, 2.24) is 5.16 Å².